The van der Waals surface area contributed by atoms with E-state index in [1.54, 1.807) is 12.1 Å². The van der Waals surface area contributed by atoms with E-state index in [0.717, 1.165) is 47.8 Å². The summed E-state index contributed by atoms with van der Waals surface area (Å²) in [5, 5.41) is 1.87. The molecule has 3 aromatic rings. The van der Waals surface area contributed by atoms with Crippen molar-refractivity contribution in [2.75, 3.05) is 38.1 Å². The maximum absolute atomic E-state index is 13.3. The van der Waals surface area contributed by atoms with Crippen molar-refractivity contribution in [3.8, 4) is 5.69 Å². The zero-order chi connectivity index (χ0) is 16.7. The molecule has 0 unspecified atom stereocenters. The van der Waals surface area contributed by atoms with Crippen LogP contribution in [0.15, 0.2) is 48.7 Å². The number of likely N-dealkylation sites (N-methyl/N-ethyl adjacent to an activating group) is 1. The molecular weight excluding hydrogens is 325 g/mol. The van der Waals surface area contributed by atoms with Gasteiger partial charge in [-0.25, -0.2) is 4.39 Å². The summed E-state index contributed by atoms with van der Waals surface area (Å²) in [5.74, 6) is -0.224. The van der Waals surface area contributed by atoms with Crippen LogP contribution in [0, 0.1) is 5.82 Å². The van der Waals surface area contributed by atoms with Gasteiger partial charge in [-0.15, -0.1) is 0 Å². The number of rotatable bonds is 2. The fourth-order valence-corrected chi connectivity index (χ4v) is 3.47. The topological polar surface area (TPSA) is 11.4 Å². The lowest BCUT2D eigenvalue weighted by atomic mass is 10.2. The molecule has 0 atom stereocenters. The highest BCUT2D eigenvalue weighted by Crippen LogP contribution is 2.34. The standard InChI is InChI=1S/C19H19ClFN3/c1-22-8-10-23(11-9-22)19-13-24(16-5-3-15(21)4-6-16)18-7-2-14(20)12-17(18)19/h2-7,12-13H,8-11H2,1H3. The molecule has 0 amide bonds. The van der Waals surface area contributed by atoms with Crippen molar-refractivity contribution in [3.63, 3.8) is 0 Å². The van der Waals surface area contributed by atoms with E-state index in [-0.39, 0.29) is 5.82 Å². The zero-order valence-corrected chi connectivity index (χ0v) is 14.3. The first-order chi connectivity index (χ1) is 11.6. The second-order valence-electron chi connectivity index (χ2n) is 6.31. The SMILES string of the molecule is CN1CCN(c2cn(-c3ccc(F)cc3)c3ccc(Cl)cc23)CC1. The van der Waals surface area contributed by atoms with E-state index in [1.165, 1.54) is 17.8 Å². The normalized spacial score (nSPS) is 16.0. The number of aromatic nitrogens is 1. The molecule has 0 spiro atoms. The van der Waals surface area contributed by atoms with Crippen molar-refractivity contribution in [3.05, 3.63) is 59.5 Å². The van der Waals surface area contributed by atoms with Gasteiger partial charge in [0.2, 0.25) is 0 Å². The van der Waals surface area contributed by atoms with Gasteiger partial charge in [0.15, 0.2) is 0 Å². The molecule has 2 heterocycles. The number of fused-ring (bicyclic) bond motifs is 1. The van der Waals surface area contributed by atoms with Crippen LogP contribution in [0.3, 0.4) is 0 Å². The summed E-state index contributed by atoms with van der Waals surface area (Å²) < 4.78 is 15.4. The third-order valence-electron chi connectivity index (χ3n) is 4.69. The summed E-state index contributed by atoms with van der Waals surface area (Å²) in [6, 6.07) is 12.5. The van der Waals surface area contributed by atoms with Crippen LogP contribution in [-0.4, -0.2) is 42.7 Å². The van der Waals surface area contributed by atoms with Crippen LogP contribution in [0.1, 0.15) is 0 Å². The van der Waals surface area contributed by atoms with Gasteiger partial charge in [-0.3, -0.25) is 0 Å². The number of halogens is 2. The van der Waals surface area contributed by atoms with Crippen LogP contribution < -0.4 is 4.90 Å². The van der Waals surface area contributed by atoms with E-state index in [1.807, 2.05) is 18.2 Å². The minimum absolute atomic E-state index is 0.224. The van der Waals surface area contributed by atoms with Gasteiger partial charge in [0.05, 0.1) is 11.2 Å². The Labute approximate surface area is 145 Å². The zero-order valence-electron chi connectivity index (χ0n) is 13.5. The quantitative estimate of drug-likeness (QED) is 0.691. The molecule has 1 aromatic heterocycles. The van der Waals surface area contributed by atoms with Gasteiger partial charge < -0.3 is 14.4 Å². The summed E-state index contributed by atoms with van der Waals surface area (Å²) in [6.45, 7) is 4.07. The predicted molar refractivity (Wildman–Crippen MR) is 98.0 cm³/mol. The highest BCUT2D eigenvalue weighted by molar-refractivity contribution is 6.31. The number of hydrogen-bond acceptors (Lipinski definition) is 2. The van der Waals surface area contributed by atoms with Gasteiger partial charge in [0.25, 0.3) is 0 Å². The van der Waals surface area contributed by atoms with E-state index in [4.69, 9.17) is 11.6 Å². The first-order valence-corrected chi connectivity index (χ1v) is 8.50. The molecule has 1 aliphatic heterocycles. The number of piperazine rings is 1. The molecule has 2 aromatic carbocycles. The van der Waals surface area contributed by atoms with Crippen LogP contribution in [0.25, 0.3) is 16.6 Å². The maximum Gasteiger partial charge on any atom is 0.123 e. The molecule has 24 heavy (non-hydrogen) atoms. The molecule has 4 rings (SSSR count). The number of nitrogens with zero attached hydrogens (tertiary/aromatic N) is 3. The first kappa shape index (κ1) is 15.5. The Morgan fingerprint density at radius 3 is 2.38 bits per heavy atom. The highest BCUT2D eigenvalue weighted by Gasteiger charge is 2.19. The van der Waals surface area contributed by atoms with E-state index in [0.29, 0.717) is 0 Å². The van der Waals surface area contributed by atoms with Gasteiger partial charge in [-0.1, -0.05) is 11.6 Å². The van der Waals surface area contributed by atoms with Gasteiger partial charge in [-0.2, -0.15) is 0 Å². The molecule has 1 aliphatic rings. The van der Waals surface area contributed by atoms with Crippen LogP contribution in [0.4, 0.5) is 10.1 Å². The van der Waals surface area contributed by atoms with E-state index in [2.05, 4.69) is 27.6 Å². The third kappa shape index (κ3) is 2.76. The fraction of sp³-hybridized carbons (Fsp3) is 0.263. The summed E-state index contributed by atoms with van der Waals surface area (Å²) >= 11 is 6.24. The van der Waals surface area contributed by atoms with Crippen molar-refractivity contribution < 1.29 is 4.39 Å². The van der Waals surface area contributed by atoms with Gasteiger partial charge in [-0.05, 0) is 49.5 Å². The molecule has 124 valence electrons. The lowest BCUT2D eigenvalue weighted by molar-refractivity contribution is 0.313. The second kappa shape index (κ2) is 6.11. The van der Waals surface area contributed by atoms with Crippen LogP contribution in [0.5, 0.6) is 0 Å². The monoisotopic (exact) mass is 343 g/mol. The Hall–Kier alpha value is -2.04. The predicted octanol–water partition coefficient (Wildman–Crippen LogP) is 4.17. The Bertz CT molecular complexity index is 864. The molecule has 0 saturated carbocycles. The van der Waals surface area contributed by atoms with Crippen molar-refractivity contribution >= 4 is 28.2 Å². The minimum Gasteiger partial charge on any atom is -0.367 e. The molecule has 0 bridgehead atoms. The molecule has 1 saturated heterocycles. The van der Waals surface area contributed by atoms with Crippen molar-refractivity contribution in [1.29, 1.82) is 0 Å². The number of hydrogen-bond donors (Lipinski definition) is 0. The lowest BCUT2D eigenvalue weighted by Gasteiger charge is -2.33. The fourth-order valence-electron chi connectivity index (χ4n) is 3.30. The molecule has 0 N–H and O–H groups in total. The van der Waals surface area contributed by atoms with E-state index < -0.39 is 0 Å². The Morgan fingerprint density at radius 2 is 1.67 bits per heavy atom. The van der Waals surface area contributed by atoms with Crippen molar-refractivity contribution in [2.45, 2.75) is 0 Å². The minimum atomic E-state index is -0.224. The molecule has 0 radical (unpaired) electrons. The Kier molecular flexibility index (Phi) is 3.94. The Balaban J connectivity index is 1.84. The van der Waals surface area contributed by atoms with Gasteiger partial charge in [0, 0.05) is 48.5 Å². The molecular formula is C19H19ClFN3. The van der Waals surface area contributed by atoms with Crippen LogP contribution in [0.2, 0.25) is 5.02 Å². The number of benzene rings is 2. The van der Waals surface area contributed by atoms with Crippen molar-refractivity contribution in [2.24, 2.45) is 0 Å². The van der Waals surface area contributed by atoms with Gasteiger partial charge in [0.1, 0.15) is 5.82 Å². The first-order valence-electron chi connectivity index (χ1n) is 8.12. The summed E-state index contributed by atoms with van der Waals surface area (Å²) in [4.78, 5) is 4.74. The van der Waals surface area contributed by atoms with Crippen LogP contribution in [-0.2, 0) is 0 Å². The Morgan fingerprint density at radius 1 is 0.958 bits per heavy atom. The average molecular weight is 344 g/mol. The van der Waals surface area contributed by atoms with E-state index in [9.17, 15) is 4.39 Å². The smallest absolute Gasteiger partial charge is 0.123 e. The summed E-state index contributed by atoms with van der Waals surface area (Å²) in [5.41, 5.74) is 3.22. The summed E-state index contributed by atoms with van der Waals surface area (Å²) in [7, 11) is 2.15. The molecule has 3 nitrogen and oxygen atoms in total. The highest BCUT2D eigenvalue weighted by atomic mass is 35.5. The average Bonchev–Trinajstić information content (AvgIpc) is 2.95. The van der Waals surface area contributed by atoms with Crippen LogP contribution >= 0.6 is 11.6 Å². The second-order valence-corrected chi connectivity index (χ2v) is 6.75. The third-order valence-corrected chi connectivity index (χ3v) is 4.93. The number of anilines is 1. The van der Waals surface area contributed by atoms with Crippen molar-refractivity contribution in [1.82, 2.24) is 9.47 Å². The molecule has 0 aliphatic carbocycles. The molecule has 1 fully saturated rings. The molecule has 5 heteroatoms. The summed E-state index contributed by atoms with van der Waals surface area (Å²) in [6.07, 6.45) is 2.14. The van der Waals surface area contributed by atoms with Gasteiger partial charge >= 0.3 is 0 Å². The van der Waals surface area contributed by atoms with E-state index >= 15 is 0 Å². The lowest BCUT2D eigenvalue weighted by Crippen LogP contribution is -2.44. The largest absolute Gasteiger partial charge is 0.367 e. The maximum atomic E-state index is 13.3.